The number of hydrogen-bond acceptors (Lipinski definition) is 5. The third-order valence-corrected chi connectivity index (χ3v) is 4.43. The maximum absolute atomic E-state index is 6.05. The van der Waals surface area contributed by atoms with E-state index in [0.29, 0.717) is 6.01 Å². The van der Waals surface area contributed by atoms with Crippen molar-refractivity contribution in [3.63, 3.8) is 0 Å². The molecule has 5 heteroatoms. The number of morpholine rings is 1. The van der Waals surface area contributed by atoms with Crippen molar-refractivity contribution in [2.75, 3.05) is 18.0 Å². The lowest BCUT2D eigenvalue weighted by molar-refractivity contribution is -0.0185. The molecule has 0 spiro atoms. The minimum atomic E-state index is 0.0787. The molecule has 3 aromatic rings. The number of ether oxygens (including phenoxy) is 1. The molecule has 108 valence electrons. The number of rotatable bonds is 2. The zero-order valence-corrected chi connectivity index (χ0v) is 12.5. The molecular formula is C16H16N2O2S. The van der Waals surface area contributed by atoms with Gasteiger partial charge in [0.1, 0.15) is 11.6 Å². The van der Waals surface area contributed by atoms with Crippen LogP contribution in [0.2, 0.25) is 0 Å². The second-order valence-corrected chi connectivity index (χ2v) is 6.14. The van der Waals surface area contributed by atoms with Crippen molar-refractivity contribution < 1.29 is 9.15 Å². The van der Waals surface area contributed by atoms with Crippen molar-refractivity contribution >= 4 is 28.5 Å². The smallest absolute Gasteiger partial charge is 0.298 e. The lowest BCUT2D eigenvalue weighted by atomic mass is 10.1. The summed E-state index contributed by atoms with van der Waals surface area (Å²) in [6, 6.07) is 10.7. The van der Waals surface area contributed by atoms with Crippen molar-refractivity contribution in [3.8, 4) is 0 Å². The Labute approximate surface area is 127 Å². The van der Waals surface area contributed by atoms with Gasteiger partial charge in [-0.2, -0.15) is 16.3 Å². The highest BCUT2D eigenvalue weighted by atomic mass is 32.1. The lowest BCUT2D eigenvalue weighted by Crippen LogP contribution is -2.43. The minimum Gasteiger partial charge on any atom is -0.423 e. The van der Waals surface area contributed by atoms with E-state index in [-0.39, 0.29) is 12.2 Å². The molecule has 3 heterocycles. The van der Waals surface area contributed by atoms with Crippen molar-refractivity contribution in [2.24, 2.45) is 0 Å². The Hall–Kier alpha value is -1.85. The first-order valence-corrected chi connectivity index (χ1v) is 8.02. The van der Waals surface area contributed by atoms with Gasteiger partial charge in [-0.05, 0) is 41.4 Å². The van der Waals surface area contributed by atoms with Gasteiger partial charge in [0.25, 0.3) is 6.01 Å². The summed E-state index contributed by atoms with van der Waals surface area (Å²) in [6.07, 6.45) is 0.230. The van der Waals surface area contributed by atoms with Gasteiger partial charge in [0.2, 0.25) is 0 Å². The van der Waals surface area contributed by atoms with E-state index in [1.165, 1.54) is 5.56 Å². The van der Waals surface area contributed by atoms with Crippen LogP contribution < -0.4 is 4.90 Å². The molecule has 21 heavy (non-hydrogen) atoms. The monoisotopic (exact) mass is 300 g/mol. The molecule has 1 fully saturated rings. The number of anilines is 1. The van der Waals surface area contributed by atoms with Gasteiger partial charge in [0.05, 0.1) is 12.6 Å². The Kier molecular flexibility index (Phi) is 3.16. The quantitative estimate of drug-likeness (QED) is 0.720. The fourth-order valence-corrected chi connectivity index (χ4v) is 3.45. The number of thiophene rings is 1. The molecule has 2 atom stereocenters. The normalized spacial score (nSPS) is 22.8. The third kappa shape index (κ3) is 2.43. The number of nitrogens with zero attached hydrogens (tertiary/aromatic N) is 2. The fraction of sp³-hybridized carbons (Fsp3) is 0.312. The maximum atomic E-state index is 6.05. The van der Waals surface area contributed by atoms with E-state index in [9.17, 15) is 0 Å². The SMILES string of the molecule is CC1CN(c2nc3ccccc3o2)CC(c2ccsc2)O1. The van der Waals surface area contributed by atoms with E-state index in [2.05, 4.69) is 33.6 Å². The largest absolute Gasteiger partial charge is 0.423 e. The van der Waals surface area contributed by atoms with Gasteiger partial charge in [0.15, 0.2) is 5.58 Å². The van der Waals surface area contributed by atoms with Crippen LogP contribution in [0.5, 0.6) is 0 Å². The Bertz CT molecular complexity index is 705. The summed E-state index contributed by atoms with van der Waals surface area (Å²) in [6.45, 7) is 3.66. The van der Waals surface area contributed by atoms with Crippen molar-refractivity contribution in [1.82, 2.24) is 4.98 Å². The van der Waals surface area contributed by atoms with Gasteiger partial charge in [-0.1, -0.05) is 12.1 Å². The average Bonchev–Trinajstić information content (AvgIpc) is 3.16. The van der Waals surface area contributed by atoms with Gasteiger partial charge >= 0.3 is 0 Å². The van der Waals surface area contributed by atoms with E-state index in [1.54, 1.807) is 11.3 Å². The van der Waals surface area contributed by atoms with E-state index in [4.69, 9.17) is 9.15 Å². The number of fused-ring (bicyclic) bond motifs is 1. The van der Waals surface area contributed by atoms with E-state index in [0.717, 1.165) is 24.2 Å². The van der Waals surface area contributed by atoms with Crippen molar-refractivity contribution in [1.29, 1.82) is 0 Å². The molecular weight excluding hydrogens is 284 g/mol. The van der Waals surface area contributed by atoms with Crippen LogP contribution in [-0.2, 0) is 4.74 Å². The standard InChI is InChI=1S/C16H16N2O2S/c1-11-8-18(9-15(19-11)12-6-7-21-10-12)16-17-13-4-2-3-5-14(13)20-16/h2-7,10-11,15H,8-9H2,1H3. The molecule has 0 aliphatic carbocycles. The van der Waals surface area contributed by atoms with Crippen molar-refractivity contribution in [3.05, 3.63) is 46.7 Å². The molecule has 2 unspecified atom stereocenters. The van der Waals surface area contributed by atoms with Crippen LogP contribution in [0.25, 0.3) is 11.1 Å². The van der Waals surface area contributed by atoms with Gasteiger partial charge in [0, 0.05) is 6.54 Å². The number of aromatic nitrogens is 1. The molecule has 0 N–H and O–H groups in total. The summed E-state index contributed by atoms with van der Waals surface area (Å²) >= 11 is 1.70. The van der Waals surface area contributed by atoms with E-state index >= 15 is 0 Å². The van der Waals surface area contributed by atoms with Crippen LogP contribution in [0.15, 0.2) is 45.5 Å². The number of para-hydroxylation sites is 2. The molecule has 1 aromatic carbocycles. The summed E-state index contributed by atoms with van der Waals surface area (Å²) in [5, 5.41) is 4.23. The second-order valence-electron chi connectivity index (χ2n) is 5.36. The molecule has 0 amide bonds. The minimum absolute atomic E-state index is 0.0787. The molecule has 0 radical (unpaired) electrons. The molecule has 1 aliphatic heterocycles. The zero-order valence-electron chi connectivity index (χ0n) is 11.7. The summed E-state index contributed by atoms with van der Waals surface area (Å²) in [7, 11) is 0. The molecule has 4 nitrogen and oxygen atoms in total. The first kappa shape index (κ1) is 12.9. The molecule has 1 aliphatic rings. The number of benzene rings is 1. The lowest BCUT2D eigenvalue weighted by Gasteiger charge is -2.35. The average molecular weight is 300 g/mol. The highest BCUT2D eigenvalue weighted by Gasteiger charge is 2.29. The predicted octanol–water partition coefficient (Wildman–Crippen LogP) is 3.86. The fourth-order valence-electron chi connectivity index (χ4n) is 2.75. The highest BCUT2D eigenvalue weighted by Crippen LogP contribution is 2.30. The first-order chi connectivity index (χ1) is 10.3. The predicted molar refractivity (Wildman–Crippen MR) is 83.8 cm³/mol. The summed E-state index contributed by atoms with van der Waals surface area (Å²) < 4.78 is 11.9. The van der Waals surface area contributed by atoms with Crippen LogP contribution in [0.4, 0.5) is 6.01 Å². The van der Waals surface area contributed by atoms with Crippen molar-refractivity contribution in [2.45, 2.75) is 19.1 Å². The molecule has 0 bridgehead atoms. The number of hydrogen-bond donors (Lipinski definition) is 0. The van der Waals surface area contributed by atoms with Gasteiger partial charge < -0.3 is 14.1 Å². The van der Waals surface area contributed by atoms with Crippen LogP contribution in [0, 0.1) is 0 Å². The van der Waals surface area contributed by atoms with Crippen LogP contribution in [-0.4, -0.2) is 24.2 Å². The third-order valence-electron chi connectivity index (χ3n) is 3.73. The Morgan fingerprint density at radius 3 is 2.95 bits per heavy atom. The molecule has 1 saturated heterocycles. The maximum Gasteiger partial charge on any atom is 0.298 e. The highest BCUT2D eigenvalue weighted by molar-refractivity contribution is 7.07. The Morgan fingerprint density at radius 1 is 1.24 bits per heavy atom. The number of oxazole rings is 1. The van der Waals surface area contributed by atoms with Crippen LogP contribution in [0.3, 0.4) is 0 Å². The topological polar surface area (TPSA) is 38.5 Å². The van der Waals surface area contributed by atoms with Gasteiger partial charge in [-0.25, -0.2) is 0 Å². The Balaban J connectivity index is 1.64. The van der Waals surface area contributed by atoms with E-state index < -0.39 is 0 Å². The van der Waals surface area contributed by atoms with E-state index in [1.807, 2.05) is 24.3 Å². The summed E-state index contributed by atoms with van der Waals surface area (Å²) in [5.74, 6) is 0. The summed E-state index contributed by atoms with van der Waals surface area (Å²) in [5.41, 5.74) is 2.96. The Morgan fingerprint density at radius 2 is 2.14 bits per heavy atom. The second kappa shape index (κ2) is 5.16. The van der Waals surface area contributed by atoms with Gasteiger partial charge in [-0.3, -0.25) is 0 Å². The first-order valence-electron chi connectivity index (χ1n) is 7.07. The van der Waals surface area contributed by atoms with Gasteiger partial charge in [-0.15, -0.1) is 0 Å². The molecule has 2 aromatic heterocycles. The summed E-state index contributed by atoms with van der Waals surface area (Å²) in [4.78, 5) is 6.77. The zero-order chi connectivity index (χ0) is 14.2. The van der Waals surface area contributed by atoms with Crippen LogP contribution in [0.1, 0.15) is 18.6 Å². The van der Waals surface area contributed by atoms with Crippen LogP contribution >= 0.6 is 11.3 Å². The molecule has 0 saturated carbocycles. The molecule has 4 rings (SSSR count).